The van der Waals surface area contributed by atoms with Crippen molar-refractivity contribution in [1.82, 2.24) is 5.32 Å². The SMILES string of the molecule is C[C@@H](NC(=O)c1ccccc1OCc1ccc(Cl)cc1)c1ccccc1. The summed E-state index contributed by atoms with van der Waals surface area (Å²) in [5, 5.41) is 3.71. The van der Waals surface area contributed by atoms with Crippen LogP contribution in [-0.2, 0) is 6.61 Å². The molecule has 1 N–H and O–H groups in total. The van der Waals surface area contributed by atoms with Crippen molar-refractivity contribution in [3.05, 3.63) is 101 Å². The van der Waals surface area contributed by atoms with Crippen LogP contribution in [-0.4, -0.2) is 5.91 Å². The average Bonchev–Trinajstić information content (AvgIpc) is 2.68. The number of carbonyl (C=O) groups is 1. The molecule has 0 saturated carbocycles. The van der Waals surface area contributed by atoms with Crippen molar-refractivity contribution >= 4 is 17.5 Å². The lowest BCUT2D eigenvalue weighted by atomic mass is 10.1. The Morgan fingerprint density at radius 2 is 1.62 bits per heavy atom. The molecular weight excluding hydrogens is 346 g/mol. The van der Waals surface area contributed by atoms with E-state index in [0.717, 1.165) is 11.1 Å². The first-order valence-electron chi connectivity index (χ1n) is 8.45. The standard InChI is InChI=1S/C22H20ClNO2/c1-16(18-7-3-2-4-8-18)24-22(25)20-9-5-6-10-21(20)26-15-17-11-13-19(23)14-12-17/h2-14,16H,15H2,1H3,(H,24,25)/t16-/m1/s1. The van der Waals surface area contributed by atoms with Gasteiger partial charge in [0.2, 0.25) is 0 Å². The van der Waals surface area contributed by atoms with Crippen LogP contribution in [0.3, 0.4) is 0 Å². The fraction of sp³-hybridized carbons (Fsp3) is 0.136. The Balaban J connectivity index is 1.69. The van der Waals surface area contributed by atoms with Crippen LogP contribution in [0.1, 0.15) is 34.5 Å². The molecule has 3 aromatic carbocycles. The van der Waals surface area contributed by atoms with Crippen LogP contribution in [0.25, 0.3) is 0 Å². The van der Waals surface area contributed by atoms with E-state index in [2.05, 4.69) is 5.32 Å². The van der Waals surface area contributed by atoms with E-state index in [-0.39, 0.29) is 11.9 Å². The molecule has 0 aliphatic carbocycles. The molecule has 0 unspecified atom stereocenters. The summed E-state index contributed by atoms with van der Waals surface area (Å²) in [5.74, 6) is 0.397. The Labute approximate surface area is 158 Å². The van der Waals surface area contributed by atoms with E-state index in [1.807, 2.05) is 73.7 Å². The van der Waals surface area contributed by atoms with Gasteiger partial charge in [-0.05, 0) is 42.3 Å². The Bertz CT molecular complexity index is 863. The third-order valence-corrected chi connectivity index (χ3v) is 4.34. The van der Waals surface area contributed by atoms with Crippen LogP contribution in [0.5, 0.6) is 5.75 Å². The maximum atomic E-state index is 12.7. The van der Waals surface area contributed by atoms with Gasteiger partial charge in [-0.3, -0.25) is 4.79 Å². The summed E-state index contributed by atoms with van der Waals surface area (Å²) in [6.45, 7) is 2.33. The van der Waals surface area contributed by atoms with Gasteiger partial charge in [0.25, 0.3) is 5.91 Å². The van der Waals surface area contributed by atoms with E-state index < -0.39 is 0 Å². The summed E-state index contributed by atoms with van der Waals surface area (Å²) in [6.07, 6.45) is 0. The molecule has 0 radical (unpaired) electrons. The first kappa shape index (κ1) is 18.0. The number of benzene rings is 3. The molecule has 132 valence electrons. The maximum Gasteiger partial charge on any atom is 0.255 e. The third kappa shape index (κ3) is 4.64. The van der Waals surface area contributed by atoms with E-state index in [0.29, 0.717) is 22.9 Å². The molecule has 0 aliphatic rings. The lowest BCUT2D eigenvalue weighted by Crippen LogP contribution is -2.27. The zero-order valence-corrected chi connectivity index (χ0v) is 15.2. The fourth-order valence-corrected chi connectivity index (χ4v) is 2.75. The predicted molar refractivity (Wildman–Crippen MR) is 105 cm³/mol. The number of ether oxygens (including phenoxy) is 1. The molecule has 0 aromatic heterocycles. The normalized spacial score (nSPS) is 11.6. The first-order valence-corrected chi connectivity index (χ1v) is 8.83. The Hall–Kier alpha value is -2.78. The van der Waals surface area contributed by atoms with Crippen LogP contribution in [0.2, 0.25) is 5.02 Å². The summed E-state index contributed by atoms with van der Waals surface area (Å²) >= 11 is 5.90. The van der Waals surface area contributed by atoms with E-state index in [1.54, 1.807) is 12.1 Å². The molecule has 0 bridgehead atoms. The van der Waals surface area contributed by atoms with Crippen molar-refractivity contribution in [2.75, 3.05) is 0 Å². The van der Waals surface area contributed by atoms with Crippen molar-refractivity contribution in [2.45, 2.75) is 19.6 Å². The Morgan fingerprint density at radius 3 is 2.35 bits per heavy atom. The molecule has 3 rings (SSSR count). The Morgan fingerprint density at radius 1 is 0.962 bits per heavy atom. The molecule has 0 saturated heterocycles. The molecular formula is C22H20ClNO2. The second kappa shape index (κ2) is 8.54. The van der Waals surface area contributed by atoms with Gasteiger partial charge in [0.1, 0.15) is 12.4 Å². The number of para-hydroxylation sites is 1. The van der Waals surface area contributed by atoms with Crippen molar-refractivity contribution in [3.8, 4) is 5.75 Å². The van der Waals surface area contributed by atoms with Crippen LogP contribution in [0.4, 0.5) is 0 Å². The topological polar surface area (TPSA) is 38.3 Å². The molecule has 3 nitrogen and oxygen atoms in total. The monoisotopic (exact) mass is 365 g/mol. The minimum Gasteiger partial charge on any atom is -0.488 e. The molecule has 0 aliphatic heterocycles. The number of amides is 1. The van der Waals surface area contributed by atoms with Gasteiger partial charge in [-0.2, -0.15) is 0 Å². The van der Waals surface area contributed by atoms with Gasteiger partial charge in [-0.1, -0.05) is 66.2 Å². The highest BCUT2D eigenvalue weighted by atomic mass is 35.5. The van der Waals surface area contributed by atoms with Gasteiger partial charge in [-0.25, -0.2) is 0 Å². The van der Waals surface area contributed by atoms with E-state index in [1.165, 1.54) is 0 Å². The predicted octanol–water partition coefficient (Wildman–Crippen LogP) is 5.41. The second-order valence-corrected chi connectivity index (χ2v) is 6.45. The molecule has 4 heteroatoms. The lowest BCUT2D eigenvalue weighted by molar-refractivity contribution is 0.0935. The van der Waals surface area contributed by atoms with Crippen molar-refractivity contribution in [1.29, 1.82) is 0 Å². The molecule has 0 spiro atoms. The quantitative estimate of drug-likeness (QED) is 0.634. The number of hydrogen-bond acceptors (Lipinski definition) is 2. The van der Waals surface area contributed by atoms with Gasteiger partial charge >= 0.3 is 0 Å². The summed E-state index contributed by atoms with van der Waals surface area (Å²) < 4.78 is 5.87. The molecule has 1 atom stereocenters. The van der Waals surface area contributed by atoms with E-state index in [4.69, 9.17) is 16.3 Å². The summed E-state index contributed by atoms with van der Waals surface area (Å²) in [5.41, 5.74) is 2.56. The number of halogens is 1. The molecule has 3 aromatic rings. The van der Waals surface area contributed by atoms with Gasteiger partial charge in [0, 0.05) is 5.02 Å². The smallest absolute Gasteiger partial charge is 0.255 e. The second-order valence-electron chi connectivity index (χ2n) is 6.02. The largest absolute Gasteiger partial charge is 0.488 e. The zero-order chi connectivity index (χ0) is 18.4. The fourth-order valence-electron chi connectivity index (χ4n) is 2.62. The highest BCUT2D eigenvalue weighted by molar-refractivity contribution is 6.30. The van der Waals surface area contributed by atoms with Gasteiger partial charge in [0.15, 0.2) is 0 Å². The van der Waals surface area contributed by atoms with Crippen molar-refractivity contribution in [2.24, 2.45) is 0 Å². The highest BCUT2D eigenvalue weighted by Gasteiger charge is 2.15. The van der Waals surface area contributed by atoms with Gasteiger partial charge in [-0.15, -0.1) is 0 Å². The van der Waals surface area contributed by atoms with Crippen LogP contribution in [0.15, 0.2) is 78.9 Å². The molecule has 1 amide bonds. The lowest BCUT2D eigenvalue weighted by Gasteiger charge is -2.16. The molecule has 26 heavy (non-hydrogen) atoms. The summed E-state index contributed by atoms with van der Waals surface area (Å²) in [4.78, 5) is 12.7. The molecule has 0 heterocycles. The number of carbonyl (C=O) groups excluding carboxylic acids is 1. The summed E-state index contributed by atoms with van der Waals surface area (Å²) in [6, 6.07) is 24.5. The molecule has 0 fully saturated rings. The number of hydrogen-bond donors (Lipinski definition) is 1. The maximum absolute atomic E-state index is 12.7. The van der Waals surface area contributed by atoms with Crippen molar-refractivity contribution in [3.63, 3.8) is 0 Å². The van der Waals surface area contributed by atoms with E-state index in [9.17, 15) is 4.79 Å². The van der Waals surface area contributed by atoms with Gasteiger partial charge < -0.3 is 10.1 Å². The third-order valence-electron chi connectivity index (χ3n) is 4.09. The minimum absolute atomic E-state index is 0.0898. The number of nitrogens with one attached hydrogen (secondary N) is 1. The van der Waals surface area contributed by atoms with Gasteiger partial charge in [0.05, 0.1) is 11.6 Å². The van der Waals surface area contributed by atoms with Crippen LogP contribution < -0.4 is 10.1 Å². The van der Waals surface area contributed by atoms with Crippen LogP contribution in [0, 0.1) is 0 Å². The van der Waals surface area contributed by atoms with E-state index >= 15 is 0 Å². The average molecular weight is 366 g/mol. The van der Waals surface area contributed by atoms with Crippen LogP contribution >= 0.6 is 11.6 Å². The van der Waals surface area contributed by atoms with Crippen molar-refractivity contribution < 1.29 is 9.53 Å². The zero-order valence-electron chi connectivity index (χ0n) is 14.5. The number of rotatable bonds is 6. The highest BCUT2D eigenvalue weighted by Crippen LogP contribution is 2.21. The first-order chi connectivity index (χ1) is 12.6. The minimum atomic E-state index is -0.159. The Kier molecular flexibility index (Phi) is 5.92. The summed E-state index contributed by atoms with van der Waals surface area (Å²) in [7, 11) is 0.